The predicted molar refractivity (Wildman–Crippen MR) is 92.5 cm³/mol. The molecule has 0 bridgehead atoms. The van der Waals surface area contributed by atoms with E-state index in [1.807, 2.05) is 11.0 Å². The normalized spacial score (nSPS) is 20.6. The predicted octanol–water partition coefficient (Wildman–Crippen LogP) is 1.37. The lowest BCUT2D eigenvalue weighted by Gasteiger charge is -2.32. The van der Waals surface area contributed by atoms with Crippen molar-refractivity contribution < 1.29 is 14.5 Å². The Morgan fingerprint density at radius 2 is 2.23 bits per heavy atom. The molecule has 2 aliphatic heterocycles. The van der Waals surface area contributed by atoms with E-state index < -0.39 is 4.92 Å². The number of carbonyl (C=O) groups is 1. The summed E-state index contributed by atoms with van der Waals surface area (Å²) in [6.45, 7) is 2.49. The van der Waals surface area contributed by atoms with Gasteiger partial charge in [-0.2, -0.15) is 5.26 Å². The van der Waals surface area contributed by atoms with E-state index in [0.29, 0.717) is 38.3 Å². The second-order valence-electron chi connectivity index (χ2n) is 6.58. The van der Waals surface area contributed by atoms with Crippen LogP contribution >= 0.6 is 0 Å². The van der Waals surface area contributed by atoms with Crippen molar-refractivity contribution in [1.29, 1.82) is 5.26 Å². The van der Waals surface area contributed by atoms with Crippen LogP contribution in [0.1, 0.15) is 31.2 Å². The van der Waals surface area contributed by atoms with Crippen molar-refractivity contribution in [3.8, 4) is 6.07 Å². The molecule has 2 fully saturated rings. The first kappa shape index (κ1) is 18.1. The van der Waals surface area contributed by atoms with Gasteiger partial charge in [-0.05, 0) is 25.7 Å². The Labute approximate surface area is 151 Å². The third kappa shape index (κ3) is 4.08. The van der Waals surface area contributed by atoms with Gasteiger partial charge >= 0.3 is 0 Å². The lowest BCUT2D eigenvalue weighted by molar-refractivity contribution is -0.385. The molecule has 9 heteroatoms. The third-order valence-electron chi connectivity index (χ3n) is 4.88. The van der Waals surface area contributed by atoms with Crippen molar-refractivity contribution in [2.24, 2.45) is 5.92 Å². The number of pyridine rings is 1. The lowest BCUT2D eigenvalue weighted by atomic mass is 9.95. The SMILES string of the molecule is N#Cc1cc([N+](=O)[O-])cnc1N1CCC(C(=O)NCC2CCCO2)CC1. The molecule has 1 N–H and O–H groups in total. The first-order valence-electron chi connectivity index (χ1n) is 8.77. The van der Waals surface area contributed by atoms with Crippen LogP contribution < -0.4 is 10.2 Å². The van der Waals surface area contributed by atoms with Crippen molar-refractivity contribution in [3.63, 3.8) is 0 Å². The second-order valence-corrected chi connectivity index (χ2v) is 6.58. The molecule has 2 saturated heterocycles. The second kappa shape index (κ2) is 8.10. The standard InChI is InChI=1S/C17H21N5O4/c18-9-13-8-14(22(24)25)10-19-16(13)21-5-3-12(4-6-21)17(23)20-11-15-2-1-7-26-15/h8,10,12,15H,1-7,11H2,(H,20,23). The average Bonchev–Trinajstić information content (AvgIpc) is 3.19. The van der Waals surface area contributed by atoms with Crippen LogP contribution in [0.2, 0.25) is 0 Å². The maximum Gasteiger partial charge on any atom is 0.289 e. The van der Waals surface area contributed by atoms with Crippen LogP contribution in [-0.2, 0) is 9.53 Å². The number of piperidine rings is 1. The number of ether oxygens (including phenoxy) is 1. The number of nitriles is 1. The molecule has 1 aromatic rings. The molecule has 1 unspecified atom stereocenters. The quantitative estimate of drug-likeness (QED) is 0.622. The highest BCUT2D eigenvalue weighted by molar-refractivity contribution is 5.79. The molecule has 1 amide bonds. The van der Waals surface area contributed by atoms with Crippen LogP contribution in [-0.4, -0.2) is 48.2 Å². The summed E-state index contributed by atoms with van der Waals surface area (Å²) in [6, 6.07) is 3.21. The van der Waals surface area contributed by atoms with E-state index in [0.717, 1.165) is 25.6 Å². The molecule has 0 radical (unpaired) electrons. The molecule has 3 heterocycles. The molecule has 1 aromatic heterocycles. The average molecular weight is 359 g/mol. The Hall–Kier alpha value is -2.73. The van der Waals surface area contributed by atoms with Gasteiger partial charge in [0, 0.05) is 38.2 Å². The molecule has 9 nitrogen and oxygen atoms in total. The highest BCUT2D eigenvalue weighted by Gasteiger charge is 2.28. The first-order chi connectivity index (χ1) is 12.6. The summed E-state index contributed by atoms with van der Waals surface area (Å²) in [7, 11) is 0. The van der Waals surface area contributed by atoms with Crippen molar-refractivity contribution in [1.82, 2.24) is 10.3 Å². The molecule has 138 valence electrons. The minimum absolute atomic E-state index is 0.0392. The topological polar surface area (TPSA) is 121 Å². The van der Waals surface area contributed by atoms with Crippen LogP contribution in [0.5, 0.6) is 0 Å². The van der Waals surface area contributed by atoms with E-state index in [2.05, 4.69) is 10.3 Å². The Morgan fingerprint density at radius 3 is 2.85 bits per heavy atom. The summed E-state index contributed by atoms with van der Waals surface area (Å²) < 4.78 is 5.51. The molecular weight excluding hydrogens is 338 g/mol. The zero-order valence-electron chi connectivity index (χ0n) is 14.4. The number of carbonyl (C=O) groups excluding carboxylic acids is 1. The number of hydrogen-bond donors (Lipinski definition) is 1. The summed E-state index contributed by atoms with van der Waals surface area (Å²) in [5, 5.41) is 23.0. The van der Waals surface area contributed by atoms with E-state index in [4.69, 9.17) is 4.74 Å². The van der Waals surface area contributed by atoms with Gasteiger partial charge < -0.3 is 15.0 Å². The smallest absolute Gasteiger partial charge is 0.289 e. The Kier molecular flexibility index (Phi) is 5.63. The zero-order valence-corrected chi connectivity index (χ0v) is 14.4. The number of anilines is 1. The van der Waals surface area contributed by atoms with Crippen LogP contribution in [0.15, 0.2) is 12.3 Å². The maximum atomic E-state index is 12.3. The van der Waals surface area contributed by atoms with Gasteiger partial charge in [0.2, 0.25) is 5.91 Å². The third-order valence-corrected chi connectivity index (χ3v) is 4.88. The molecule has 3 rings (SSSR count). The summed E-state index contributed by atoms with van der Waals surface area (Å²) in [6.07, 6.45) is 4.63. The fourth-order valence-electron chi connectivity index (χ4n) is 3.40. The molecule has 2 aliphatic rings. The number of rotatable bonds is 5. The van der Waals surface area contributed by atoms with Crippen LogP contribution in [0.3, 0.4) is 0 Å². The Balaban J connectivity index is 1.55. The van der Waals surface area contributed by atoms with E-state index >= 15 is 0 Å². The minimum Gasteiger partial charge on any atom is -0.376 e. The van der Waals surface area contributed by atoms with Crippen molar-refractivity contribution in [2.45, 2.75) is 31.8 Å². The van der Waals surface area contributed by atoms with E-state index in [9.17, 15) is 20.2 Å². The van der Waals surface area contributed by atoms with Crippen LogP contribution in [0.4, 0.5) is 11.5 Å². The number of amides is 1. The summed E-state index contributed by atoms with van der Waals surface area (Å²) in [5.41, 5.74) is -0.0193. The van der Waals surface area contributed by atoms with Gasteiger partial charge in [0.15, 0.2) is 0 Å². The number of nitro groups is 1. The summed E-state index contributed by atoms with van der Waals surface area (Å²) in [5.74, 6) is 0.407. The number of hydrogen-bond acceptors (Lipinski definition) is 7. The first-order valence-corrected chi connectivity index (χ1v) is 8.77. The highest BCUT2D eigenvalue weighted by atomic mass is 16.6. The number of aromatic nitrogens is 1. The minimum atomic E-state index is -0.567. The molecule has 0 spiro atoms. The monoisotopic (exact) mass is 359 g/mol. The van der Waals surface area contributed by atoms with Crippen LogP contribution in [0, 0.1) is 27.4 Å². The van der Waals surface area contributed by atoms with Crippen LogP contribution in [0.25, 0.3) is 0 Å². The van der Waals surface area contributed by atoms with Crippen molar-refractivity contribution >= 4 is 17.4 Å². The van der Waals surface area contributed by atoms with Gasteiger partial charge in [0.25, 0.3) is 5.69 Å². The Morgan fingerprint density at radius 1 is 1.46 bits per heavy atom. The molecule has 0 saturated carbocycles. The Bertz CT molecular complexity index is 718. The maximum absolute atomic E-state index is 12.3. The lowest BCUT2D eigenvalue weighted by Crippen LogP contribution is -2.42. The van der Waals surface area contributed by atoms with E-state index in [1.165, 1.54) is 6.07 Å². The molecule has 0 aliphatic carbocycles. The summed E-state index contributed by atoms with van der Waals surface area (Å²) in [4.78, 5) is 28.6. The van der Waals surface area contributed by atoms with Crippen molar-refractivity contribution in [2.75, 3.05) is 31.1 Å². The zero-order chi connectivity index (χ0) is 18.5. The fraction of sp³-hybridized carbons (Fsp3) is 0.588. The van der Waals surface area contributed by atoms with Gasteiger partial charge in [-0.25, -0.2) is 4.98 Å². The van der Waals surface area contributed by atoms with Gasteiger partial charge in [-0.1, -0.05) is 0 Å². The van der Waals surface area contributed by atoms with Gasteiger partial charge in [-0.15, -0.1) is 0 Å². The van der Waals surface area contributed by atoms with E-state index in [-0.39, 0.29) is 29.2 Å². The summed E-state index contributed by atoms with van der Waals surface area (Å²) >= 11 is 0. The molecular formula is C17H21N5O4. The number of nitrogens with zero attached hydrogens (tertiary/aromatic N) is 4. The van der Waals surface area contributed by atoms with Gasteiger partial charge in [0.1, 0.15) is 23.6 Å². The molecule has 0 aromatic carbocycles. The van der Waals surface area contributed by atoms with E-state index in [1.54, 1.807) is 0 Å². The van der Waals surface area contributed by atoms with Gasteiger partial charge in [0.05, 0.1) is 11.0 Å². The highest BCUT2D eigenvalue weighted by Crippen LogP contribution is 2.26. The molecule has 1 atom stereocenters. The molecule has 26 heavy (non-hydrogen) atoms. The van der Waals surface area contributed by atoms with Crippen molar-refractivity contribution in [3.05, 3.63) is 27.9 Å². The number of nitrogens with one attached hydrogen (secondary N) is 1. The van der Waals surface area contributed by atoms with Gasteiger partial charge in [-0.3, -0.25) is 14.9 Å². The fourth-order valence-corrected chi connectivity index (χ4v) is 3.40. The largest absolute Gasteiger partial charge is 0.376 e.